The smallest absolute Gasteiger partial charge is 0.234 e. The second-order valence-electron chi connectivity index (χ2n) is 5.15. The molecule has 0 N–H and O–H groups in total. The van der Waals surface area contributed by atoms with E-state index in [1.54, 1.807) is 0 Å². The van der Waals surface area contributed by atoms with Crippen molar-refractivity contribution in [2.45, 2.75) is 38.8 Å². The van der Waals surface area contributed by atoms with Crippen molar-refractivity contribution in [2.75, 3.05) is 0 Å². The van der Waals surface area contributed by atoms with Gasteiger partial charge in [0, 0.05) is 12.1 Å². The number of unbranched alkanes of at least 4 members (excludes halogenated alkanes) is 1. The van der Waals surface area contributed by atoms with Gasteiger partial charge < -0.3 is 0 Å². The molecule has 0 unspecified atom stereocenters. The van der Waals surface area contributed by atoms with E-state index in [9.17, 15) is 0 Å². The number of aromatic nitrogens is 4. The molecule has 0 aliphatic rings. The Morgan fingerprint density at radius 2 is 1.27 bits per heavy atom. The average molecular weight is 296 g/mol. The molecule has 2 aromatic rings. The largest absolute Gasteiger partial charge is 0.302 e. The summed E-state index contributed by atoms with van der Waals surface area (Å²) in [6, 6.07) is 3.95. The van der Waals surface area contributed by atoms with Gasteiger partial charge >= 0.3 is 11.6 Å². The Morgan fingerprint density at radius 1 is 0.818 bits per heavy atom. The molecule has 0 atom stereocenters. The van der Waals surface area contributed by atoms with Crippen LogP contribution in [-0.4, -0.2) is 9.97 Å². The maximum Gasteiger partial charge on any atom is 0.302 e. The van der Waals surface area contributed by atoms with Crippen molar-refractivity contribution in [3.63, 3.8) is 0 Å². The van der Waals surface area contributed by atoms with E-state index in [-0.39, 0.29) is 0 Å². The van der Waals surface area contributed by atoms with E-state index in [0.29, 0.717) is 0 Å². The van der Waals surface area contributed by atoms with Gasteiger partial charge in [-0.2, -0.15) is 0 Å². The molecule has 0 spiro atoms. The fourth-order valence-electron chi connectivity index (χ4n) is 2.43. The molecule has 4 nitrogen and oxygen atoms in total. The second-order valence-corrected chi connectivity index (χ2v) is 5.15. The summed E-state index contributed by atoms with van der Waals surface area (Å²) in [5.74, 6) is 2.14. The van der Waals surface area contributed by atoms with Gasteiger partial charge in [-0.3, -0.25) is 0 Å². The maximum absolute atomic E-state index is 4.41. The van der Waals surface area contributed by atoms with Crippen LogP contribution in [0.25, 0.3) is 0 Å². The van der Waals surface area contributed by atoms with Gasteiger partial charge in [0.1, 0.15) is 12.4 Å². The predicted molar refractivity (Wildman–Crippen MR) is 85.9 cm³/mol. The SMILES string of the molecule is C=CCc1nccc[n+]1CCCC[n+]1cccnc1CC=C. The van der Waals surface area contributed by atoms with Crippen molar-refractivity contribution in [1.82, 2.24) is 9.97 Å². The number of rotatable bonds is 9. The number of nitrogens with zero attached hydrogens (tertiary/aromatic N) is 4. The van der Waals surface area contributed by atoms with E-state index in [1.807, 2.05) is 36.7 Å². The normalized spacial score (nSPS) is 10.4. The van der Waals surface area contributed by atoms with E-state index in [4.69, 9.17) is 0 Å². The van der Waals surface area contributed by atoms with Gasteiger partial charge in [0.2, 0.25) is 0 Å². The molecule has 0 fully saturated rings. The standard InChI is InChI=1S/C18H24N4/c1-3-9-17-19-11-7-15-21(17)13-5-6-14-22-16-8-12-20-18(22)10-4-2/h3-4,7-8,11-12,15-16H,1-2,5-6,9-10,13-14H2/q+2. The first kappa shape index (κ1) is 16.0. The van der Waals surface area contributed by atoms with E-state index in [2.05, 4.69) is 44.7 Å². The molecule has 0 radical (unpaired) electrons. The molecule has 0 amide bonds. The van der Waals surface area contributed by atoms with Crippen molar-refractivity contribution in [1.29, 1.82) is 0 Å². The Labute approximate surface area is 132 Å². The van der Waals surface area contributed by atoms with Gasteiger partial charge in [-0.05, 0) is 12.8 Å². The summed E-state index contributed by atoms with van der Waals surface area (Å²) in [6.07, 6.45) is 15.5. The van der Waals surface area contributed by atoms with Crippen LogP contribution in [0, 0.1) is 0 Å². The molecule has 2 heterocycles. The van der Waals surface area contributed by atoms with Gasteiger partial charge in [0.25, 0.3) is 0 Å². The lowest BCUT2D eigenvalue weighted by atomic mass is 10.2. The highest BCUT2D eigenvalue weighted by Gasteiger charge is 2.11. The van der Waals surface area contributed by atoms with Crippen molar-refractivity contribution >= 4 is 0 Å². The van der Waals surface area contributed by atoms with Crippen molar-refractivity contribution < 1.29 is 9.13 Å². The molecule has 114 valence electrons. The number of hydrogen-bond acceptors (Lipinski definition) is 2. The topological polar surface area (TPSA) is 33.5 Å². The maximum atomic E-state index is 4.41. The quantitative estimate of drug-likeness (QED) is 0.403. The van der Waals surface area contributed by atoms with Gasteiger partial charge in [-0.15, -0.1) is 13.2 Å². The van der Waals surface area contributed by atoms with E-state index < -0.39 is 0 Å². The van der Waals surface area contributed by atoms with Crippen LogP contribution in [-0.2, 0) is 25.9 Å². The Morgan fingerprint density at radius 3 is 1.68 bits per heavy atom. The van der Waals surface area contributed by atoms with Crippen LogP contribution in [0.4, 0.5) is 0 Å². The Kier molecular flexibility index (Phi) is 6.42. The van der Waals surface area contributed by atoms with Gasteiger partial charge in [0.15, 0.2) is 0 Å². The fourth-order valence-corrected chi connectivity index (χ4v) is 2.43. The molecular weight excluding hydrogens is 272 g/mol. The fraction of sp³-hybridized carbons (Fsp3) is 0.333. The number of aryl methyl sites for hydroxylation is 2. The van der Waals surface area contributed by atoms with Crippen molar-refractivity contribution in [2.24, 2.45) is 0 Å². The molecular formula is C18H24N4+2. The molecule has 0 aromatic carbocycles. The first-order chi connectivity index (χ1) is 10.8. The van der Waals surface area contributed by atoms with Crippen LogP contribution in [0.5, 0.6) is 0 Å². The van der Waals surface area contributed by atoms with Gasteiger partial charge in [-0.25, -0.2) is 9.13 Å². The first-order valence-electron chi connectivity index (χ1n) is 7.73. The highest BCUT2D eigenvalue weighted by Crippen LogP contribution is 1.95. The molecule has 2 aromatic heterocycles. The third-order valence-corrected chi connectivity index (χ3v) is 3.52. The summed E-state index contributed by atoms with van der Waals surface area (Å²) in [7, 11) is 0. The summed E-state index contributed by atoms with van der Waals surface area (Å²) in [5.41, 5.74) is 0. The zero-order valence-corrected chi connectivity index (χ0v) is 13.1. The van der Waals surface area contributed by atoms with Crippen LogP contribution in [0.2, 0.25) is 0 Å². The summed E-state index contributed by atoms with van der Waals surface area (Å²) >= 11 is 0. The zero-order valence-electron chi connectivity index (χ0n) is 13.1. The molecule has 0 aliphatic carbocycles. The van der Waals surface area contributed by atoms with E-state index in [1.165, 1.54) is 0 Å². The summed E-state index contributed by atoms with van der Waals surface area (Å²) < 4.78 is 4.42. The Hall–Kier alpha value is -2.36. The highest BCUT2D eigenvalue weighted by atomic mass is 15.0. The molecule has 0 bridgehead atoms. The summed E-state index contributed by atoms with van der Waals surface area (Å²) in [6.45, 7) is 9.54. The zero-order chi connectivity index (χ0) is 15.6. The van der Waals surface area contributed by atoms with Crippen molar-refractivity contribution in [3.05, 3.63) is 73.9 Å². The first-order valence-corrected chi connectivity index (χ1v) is 7.73. The Bertz CT molecular complexity index is 566. The van der Waals surface area contributed by atoms with Gasteiger partial charge in [0.05, 0.1) is 38.3 Å². The molecule has 0 saturated carbocycles. The van der Waals surface area contributed by atoms with Crippen LogP contribution < -0.4 is 9.13 Å². The lowest BCUT2D eigenvalue weighted by molar-refractivity contribution is -0.717. The molecule has 22 heavy (non-hydrogen) atoms. The monoisotopic (exact) mass is 296 g/mol. The second kappa shape index (κ2) is 8.82. The number of allylic oxidation sites excluding steroid dienone is 2. The van der Waals surface area contributed by atoms with E-state index in [0.717, 1.165) is 50.4 Å². The lowest BCUT2D eigenvalue weighted by Gasteiger charge is -2.04. The molecule has 0 aliphatic heterocycles. The average Bonchev–Trinajstić information content (AvgIpc) is 2.55. The third kappa shape index (κ3) is 4.58. The van der Waals surface area contributed by atoms with E-state index >= 15 is 0 Å². The minimum Gasteiger partial charge on any atom is -0.234 e. The van der Waals surface area contributed by atoms with Gasteiger partial charge in [-0.1, -0.05) is 22.1 Å². The van der Waals surface area contributed by atoms with Crippen LogP contribution in [0.15, 0.2) is 62.2 Å². The molecule has 0 saturated heterocycles. The van der Waals surface area contributed by atoms with Crippen LogP contribution >= 0.6 is 0 Å². The third-order valence-electron chi connectivity index (χ3n) is 3.52. The van der Waals surface area contributed by atoms with Crippen molar-refractivity contribution in [3.8, 4) is 0 Å². The minimum absolute atomic E-state index is 0.807. The summed E-state index contributed by atoms with van der Waals surface area (Å²) in [5, 5.41) is 0. The lowest BCUT2D eigenvalue weighted by Crippen LogP contribution is -2.41. The Balaban J connectivity index is 1.87. The van der Waals surface area contributed by atoms with Crippen LogP contribution in [0.3, 0.4) is 0 Å². The number of hydrogen-bond donors (Lipinski definition) is 0. The minimum atomic E-state index is 0.807. The highest BCUT2D eigenvalue weighted by molar-refractivity contribution is 4.88. The predicted octanol–water partition coefficient (Wildman–Crippen LogP) is 1.99. The molecule has 4 heteroatoms. The summed E-state index contributed by atoms with van der Waals surface area (Å²) in [4.78, 5) is 8.82. The molecule has 2 rings (SSSR count). The van der Waals surface area contributed by atoms with Crippen LogP contribution in [0.1, 0.15) is 24.5 Å².